The zero-order valence-electron chi connectivity index (χ0n) is 27.1. The van der Waals surface area contributed by atoms with Gasteiger partial charge in [-0.05, 0) is 66.7 Å². The van der Waals surface area contributed by atoms with E-state index in [0.717, 1.165) is 82.7 Å². The first kappa shape index (κ1) is 27.9. The number of rotatable bonds is 4. The molecule has 238 valence electrons. The smallest absolute Gasteiger partial charge is 0.164 e. The Morgan fingerprint density at radius 3 is 1.67 bits per heavy atom. The minimum Gasteiger partial charge on any atom is -0.456 e. The number of aromatic nitrogens is 4. The number of hydrogen-bond acceptors (Lipinski definition) is 5. The first-order valence-electron chi connectivity index (χ1n) is 16.9. The molecule has 0 unspecified atom stereocenters. The van der Waals surface area contributed by atoms with Gasteiger partial charge in [-0.2, -0.15) is 0 Å². The van der Waals surface area contributed by atoms with Crippen molar-refractivity contribution in [2.75, 3.05) is 0 Å². The number of para-hydroxylation sites is 3. The monoisotopic (exact) mass is 654 g/mol. The molecular formula is C45H26N4O2. The third kappa shape index (κ3) is 4.26. The van der Waals surface area contributed by atoms with Gasteiger partial charge in [-0.25, -0.2) is 15.0 Å². The summed E-state index contributed by atoms with van der Waals surface area (Å²) in [5.41, 5.74) is 9.30. The molecule has 4 aromatic heterocycles. The Hall–Kier alpha value is -7.05. The van der Waals surface area contributed by atoms with Crippen LogP contribution in [-0.4, -0.2) is 19.5 Å². The molecule has 7 aromatic carbocycles. The van der Waals surface area contributed by atoms with Crippen molar-refractivity contribution in [3.8, 4) is 39.9 Å². The molecule has 0 bridgehead atoms. The second-order valence-electron chi connectivity index (χ2n) is 12.8. The average molecular weight is 655 g/mol. The van der Waals surface area contributed by atoms with Gasteiger partial charge in [-0.15, -0.1) is 0 Å². The van der Waals surface area contributed by atoms with Crippen LogP contribution in [0.5, 0.6) is 0 Å². The molecule has 0 saturated carbocycles. The Morgan fingerprint density at radius 1 is 0.373 bits per heavy atom. The SMILES string of the molecule is c1ccc(-c2nc(-c3ccc4oc5ccccc5c4c3)nc(-c3ccc4oc5c(ccc6c7ccccc7n(-c7ccccc7)c65)c4c3)n2)cc1. The van der Waals surface area contributed by atoms with Gasteiger partial charge in [-0.3, -0.25) is 0 Å². The van der Waals surface area contributed by atoms with Gasteiger partial charge in [-0.1, -0.05) is 91.0 Å². The Labute approximate surface area is 290 Å². The zero-order chi connectivity index (χ0) is 33.5. The molecule has 0 spiro atoms. The van der Waals surface area contributed by atoms with Crippen LogP contribution in [0.3, 0.4) is 0 Å². The number of benzene rings is 7. The molecule has 0 fully saturated rings. The van der Waals surface area contributed by atoms with Crippen LogP contribution < -0.4 is 0 Å². The van der Waals surface area contributed by atoms with Crippen LogP contribution in [0.15, 0.2) is 167 Å². The maximum absolute atomic E-state index is 6.72. The summed E-state index contributed by atoms with van der Waals surface area (Å²) in [6.45, 7) is 0. The van der Waals surface area contributed by atoms with E-state index in [9.17, 15) is 0 Å². The van der Waals surface area contributed by atoms with E-state index in [1.165, 1.54) is 5.39 Å². The van der Waals surface area contributed by atoms with Crippen molar-refractivity contribution in [3.05, 3.63) is 158 Å². The van der Waals surface area contributed by atoms with E-state index < -0.39 is 0 Å². The van der Waals surface area contributed by atoms with Gasteiger partial charge in [0.15, 0.2) is 23.1 Å². The van der Waals surface area contributed by atoms with E-state index in [4.69, 9.17) is 23.8 Å². The van der Waals surface area contributed by atoms with Crippen LogP contribution in [0.4, 0.5) is 0 Å². The Morgan fingerprint density at radius 2 is 0.922 bits per heavy atom. The molecule has 51 heavy (non-hydrogen) atoms. The van der Waals surface area contributed by atoms with E-state index >= 15 is 0 Å². The highest BCUT2D eigenvalue weighted by Crippen LogP contribution is 2.41. The van der Waals surface area contributed by atoms with Crippen LogP contribution in [0.1, 0.15) is 0 Å². The molecule has 0 saturated heterocycles. The summed E-state index contributed by atoms with van der Waals surface area (Å²) < 4.78 is 15.1. The van der Waals surface area contributed by atoms with Gasteiger partial charge in [0.2, 0.25) is 0 Å². The molecule has 11 aromatic rings. The second kappa shape index (κ2) is 10.7. The van der Waals surface area contributed by atoms with Crippen molar-refractivity contribution in [3.63, 3.8) is 0 Å². The minimum atomic E-state index is 0.590. The average Bonchev–Trinajstić information content (AvgIpc) is 3.87. The first-order valence-corrected chi connectivity index (χ1v) is 16.9. The number of nitrogens with zero attached hydrogens (tertiary/aromatic N) is 4. The second-order valence-corrected chi connectivity index (χ2v) is 12.8. The fourth-order valence-electron chi connectivity index (χ4n) is 7.48. The minimum absolute atomic E-state index is 0.590. The summed E-state index contributed by atoms with van der Waals surface area (Å²) in [7, 11) is 0. The number of fused-ring (bicyclic) bond motifs is 10. The maximum atomic E-state index is 6.72. The summed E-state index contributed by atoms with van der Waals surface area (Å²) in [6, 6.07) is 53.9. The standard InChI is InChI=1S/C45H26N4O2/c1-3-11-27(12-4-1)43-46-44(28-19-23-39-35(25-28)32-16-8-10-18-38(32)50-39)48-45(47-43)29-20-24-40-36(26-29)34-22-21-33-31-15-7-9-17-37(31)49(41(33)42(34)51-40)30-13-5-2-6-14-30/h1-26H. The fourth-order valence-corrected chi connectivity index (χ4v) is 7.48. The topological polar surface area (TPSA) is 69.9 Å². The van der Waals surface area contributed by atoms with E-state index in [1.54, 1.807) is 0 Å². The Balaban J connectivity index is 1.13. The molecular weight excluding hydrogens is 629 g/mol. The van der Waals surface area contributed by atoms with Gasteiger partial charge in [0.05, 0.1) is 11.0 Å². The predicted molar refractivity (Wildman–Crippen MR) is 205 cm³/mol. The van der Waals surface area contributed by atoms with Gasteiger partial charge >= 0.3 is 0 Å². The molecule has 0 atom stereocenters. The lowest BCUT2D eigenvalue weighted by atomic mass is 10.1. The van der Waals surface area contributed by atoms with E-state index in [2.05, 4.69) is 83.4 Å². The van der Waals surface area contributed by atoms with E-state index in [0.29, 0.717) is 17.5 Å². The molecule has 0 aliphatic carbocycles. The summed E-state index contributed by atoms with van der Waals surface area (Å²) in [4.78, 5) is 15.1. The summed E-state index contributed by atoms with van der Waals surface area (Å²) >= 11 is 0. The molecule has 0 aliphatic rings. The third-order valence-corrected chi connectivity index (χ3v) is 9.85. The Bertz CT molecular complexity index is 3140. The lowest BCUT2D eigenvalue weighted by Crippen LogP contribution is -2.00. The molecule has 0 radical (unpaired) electrons. The van der Waals surface area contributed by atoms with Crippen molar-refractivity contribution in [2.45, 2.75) is 0 Å². The number of hydrogen-bond donors (Lipinski definition) is 0. The third-order valence-electron chi connectivity index (χ3n) is 9.85. The first-order chi connectivity index (χ1) is 25.3. The molecule has 6 nitrogen and oxygen atoms in total. The van der Waals surface area contributed by atoms with Crippen LogP contribution in [-0.2, 0) is 0 Å². The molecule has 4 heterocycles. The molecule has 0 aliphatic heterocycles. The fraction of sp³-hybridized carbons (Fsp3) is 0. The van der Waals surface area contributed by atoms with Gasteiger partial charge in [0.25, 0.3) is 0 Å². The summed E-state index contributed by atoms with van der Waals surface area (Å²) in [6.07, 6.45) is 0. The highest BCUT2D eigenvalue weighted by molar-refractivity contribution is 6.21. The summed E-state index contributed by atoms with van der Waals surface area (Å²) in [5, 5.41) is 6.46. The molecule has 6 heteroatoms. The van der Waals surface area contributed by atoms with Crippen molar-refractivity contribution >= 4 is 65.7 Å². The van der Waals surface area contributed by atoms with Crippen LogP contribution >= 0.6 is 0 Å². The lowest BCUT2D eigenvalue weighted by molar-refractivity contribution is 0.669. The highest BCUT2D eigenvalue weighted by atomic mass is 16.3. The lowest BCUT2D eigenvalue weighted by Gasteiger charge is -2.08. The largest absolute Gasteiger partial charge is 0.456 e. The summed E-state index contributed by atoms with van der Waals surface area (Å²) in [5.74, 6) is 1.79. The van der Waals surface area contributed by atoms with Crippen molar-refractivity contribution in [2.24, 2.45) is 0 Å². The highest BCUT2D eigenvalue weighted by Gasteiger charge is 2.20. The molecule has 11 rings (SSSR count). The predicted octanol–water partition coefficient (Wildman–Crippen LogP) is 11.8. The van der Waals surface area contributed by atoms with Crippen molar-refractivity contribution in [1.29, 1.82) is 0 Å². The van der Waals surface area contributed by atoms with Gasteiger partial charge in [0, 0.05) is 54.7 Å². The molecule has 0 N–H and O–H groups in total. The van der Waals surface area contributed by atoms with E-state index in [1.807, 2.05) is 78.9 Å². The van der Waals surface area contributed by atoms with Gasteiger partial charge in [0.1, 0.15) is 16.7 Å². The van der Waals surface area contributed by atoms with Crippen molar-refractivity contribution in [1.82, 2.24) is 19.5 Å². The van der Waals surface area contributed by atoms with E-state index in [-0.39, 0.29) is 0 Å². The van der Waals surface area contributed by atoms with Gasteiger partial charge < -0.3 is 13.4 Å². The van der Waals surface area contributed by atoms with Crippen molar-refractivity contribution < 1.29 is 8.83 Å². The van der Waals surface area contributed by atoms with Crippen LogP contribution in [0.25, 0.3) is 106 Å². The number of furan rings is 2. The zero-order valence-corrected chi connectivity index (χ0v) is 27.1. The Kier molecular flexibility index (Phi) is 5.86. The van der Waals surface area contributed by atoms with Crippen LogP contribution in [0.2, 0.25) is 0 Å². The quantitative estimate of drug-likeness (QED) is 0.189. The van der Waals surface area contributed by atoms with Crippen LogP contribution in [0, 0.1) is 0 Å². The normalized spacial score (nSPS) is 11.9. The maximum Gasteiger partial charge on any atom is 0.164 e. The molecule has 0 amide bonds.